The number of alkyl halides is 2. The third-order valence-corrected chi connectivity index (χ3v) is 4.65. The summed E-state index contributed by atoms with van der Waals surface area (Å²) in [6.07, 6.45) is -0.592. The molecule has 0 aliphatic carbocycles. The molecule has 0 bridgehead atoms. The van der Waals surface area contributed by atoms with Crippen molar-refractivity contribution in [1.82, 2.24) is 25.1 Å². The van der Waals surface area contributed by atoms with Gasteiger partial charge in [0.15, 0.2) is 5.65 Å². The van der Waals surface area contributed by atoms with Crippen LogP contribution in [0.3, 0.4) is 0 Å². The third kappa shape index (κ3) is 3.50. The minimum atomic E-state index is -2.70. The van der Waals surface area contributed by atoms with Gasteiger partial charge in [0, 0.05) is 25.7 Å². The van der Waals surface area contributed by atoms with Crippen molar-refractivity contribution in [2.45, 2.75) is 31.9 Å². The maximum absolute atomic E-state index is 13.0. The van der Waals surface area contributed by atoms with Crippen molar-refractivity contribution >= 4 is 11.5 Å². The molecule has 136 valence electrons. The Hall–Kier alpha value is -2.61. The largest absolute Gasteiger partial charge is 0.354 e. The first kappa shape index (κ1) is 16.8. The fraction of sp³-hybridized carbons (Fsp3) is 0.389. The van der Waals surface area contributed by atoms with Gasteiger partial charge >= 0.3 is 0 Å². The Labute approximate surface area is 149 Å². The molecule has 1 fully saturated rings. The number of halogens is 2. The van der Waals surface area contributed by atoms with Crippen molar-refractivity contribution < 1.29 is 8.78 Å². The van der Waals surface area contributed by atoms with Crippen molar-refractivity contribution in [1.29, 1.82) is 0 Å². The molecule has 4 rings (SSSR count). The van der Waals surface area contributed by atoms with Crippen LogP contribution >= 0.6 is 0 Å². The van der Waals surface area contributed by atoms with Crippen LogP contribution in [0, 0.1) is 0 Å². The third-order valence-electron chi connectivity index (χ3n) is 4.65. The number of nitrogens with zero attached hydrogens (tertiary/aromatic N) is 5. The molecule has 0 spiro atoms. The van der Waals surface area contributed by atoms with E-state index < -0.39 is 12.2 Å². The first-order valence-corrected chi connectivity index (χ1v) is 8.73. The molecule has 0 saturated carbocycles. The zero-order chi connectivity index (χ0) is 17.9. The Morgan fingerprint density at radius 2 is 1.96 bits per heavy atom. The summed E-state index contributed by atoms with van der Waals surface area (Å²) in [5.74, 6) is 0.253. The zero-order valence-electron chi connectivity index (χ0n) is 14.2. The summed E-state index contributed by atoms with van der Waals surface area (Å²) in [5, 5.41) is 15.2. The molecule has 0 amide bonds. The Balaban J connectivity index is 1.47. The van der Waals surface area contributed by atoms with E-state index in [9.17, 15) is 8.78 Å². The number of aromatic nitrogens is 4. The minimum absolute atomic E-state index is 0.330. The van der Waals surface area contributed by atoms with Crippen LogP contribution in [0.15, 0.2) is 42.5 Å². The molecule has 6 nitrogen and oxygen atoms in total. The van der Waals surface area contributed by atoms with E-state index in [0.717, 1.165) is 37.0 Å². The van der Waals surface area contributed by atoms with Gasteiger partial charge in [-0.15, -0.1) is 15.3 Å². The highest BCUT2D eigenvalue weighted by molar-refractivity contribution is 5.46. The molecule has 3 heterocycles. The lowest BCUT2D eigenvalue weighted by molar-refractivity contribution is 0.137. The number of hydrogen-bond acceptors (Lipinski definition) is 5. The van der Waals surface area contributed by atoms with Crippen LogP contribution in [0.2, 0.25) is 0 Å². The summed E-state index contributed by atoms with van der Waals surface area (Å²) in [7, 11) is 0. The predicted octanol–water partition coefficient (Wildman–Crippen LogP) is 2.82. The number of nitrogens with one attached hydrogen (secondary N) is 1. The van der Waals surface area contributed by atoms with Gasteiger partial charge in [-0.1, -0.05) is 30.3 Å². The second-order valence-corrected chi connectivity index (χ2v) is 6.47. The Morgan fingerprint density at radius 3 is 2.77 bits per heavy atom. The summed E-state index contributed by atoms with van der Waals surface area (Å²) in [5.41, 5.74) is 1.58. The standard InChI is InChI=1S/C18H20F2N6/c19-17(20)18-23-22-15-8-9-16(24-26(15)18)25-10-4-7-14(12-25)21-11-13-5-2-1-3-6-13/h1-3,5-6,8-9,14,17,21H,4,7,10-12H2. The molecular formula is C18H20F2N6. The monoisotopic (exact) mass is 358 g/mol. The first-order chi connectivity index (χ1) is 12.7. The van der Waals surface area contributed by atoms with E-state index in [1.54, 1.807) is 6.07 Å². The topological polar surface area (TPSA) is 58.4 Å². The molecule has 1 aromatic carbocycles. The summed E-state index contributed by atoms with van der Waals surface area (Å²) < 4.78 is 27.2. The minimum Gasteiger partial charge on any atom is -0.354 e. The van der Waals surface area contributed by atoms with Gasteiger partial charge < -0.3 is 10.2 Å². The zero-order valence-corrected chi connectivity index (χ0v) is 14.2. The van der Waals surface area contributed by atoms with Crippen LogP contribution in [0.25, 0.3) is 5.65 Å². The normalized spacial score (nSPS) is 18.0. The van der Waals surface area contributed by atoms with E-state index in [-0.39, 0.29) is 0 Å². The molecule has 1 unspecified atom stereocenters. The van der Waals surface area contributed by atoms with E-state index in [1.165, 1.54) is 5.56 Å². The van der Waals surface area contributed by atoms with Crippen LogP contribution in [-0.2, 0) is 6.54 Å². The highest BCUT2D eigenvalue weighted by Crippen LogP contribution is 2.21. The molecule has 1 saturated heterocycles. The SMILES string of the molecule is FC(F)c1nnc2ccc(N3CCCC(NCc4ccccc4)C3)nn12. The van der Waals surface area contributed by atoms with Gasteiger partial charge in [0.1, 0.15) is 5.82 Å². The van der Waals surface area contributed by atoms with Gasteiger partial charge in [-0.25, -0.2) is 8.78 Å². The van der Waals surface area contributed by atoms with Crippen LogP contribution < -0.4 is 10.2 Å². The van der Waals surface area contributed by atoms with E-state index in [2.05, 4.69) is 37.6 Å². The number of rotatable bonds is 5. The average molecular weight is 358 g/mol. The lowest BCUT2D eigenvalue weighted by Crippen LogP contribution is -2.45. The summed E-state index contributed by atoms with van der Waals surface area (Å²) in [6, 6.07) is 14.1. The van der Waals surface area contributed by atoms with Gasteiger partial charge in [0.2, 0.25) is 5.82 Å². The number of hydrogen-bond donors (Lipinski definition) is 1. The Bertz CT molecular complexity index is 867. The molecule has 26 heavy (non-hydrogen) atoms. The molecular weight excluding hydrogens is 338 g/mol. The highest BCUT2D eigenvalue weighted by Gasteiger charge is 2.22. The summed E-state index contributed by atoms with van der Waals surface area (Å²) in [6.45, 7) is 2.46. The lowest BCUT2D eigenvalue weighted by atomic mass is 10.1. The molecule has 1 aliphatic heterocycles. The van der Waals surface area contributed by atoms with E-state index >= 15 is 0 Å². The number of benzene rings is 1. The van der Waals surface area contributed by atoms with Crippen LogP contribution in [0.4, 0.5) is 14.6 Å². The van der Waals surface area contributed by atoms with Crippen molar-refractivity contribution in [2.24, 2.45) is 0 Å². The number of piperidine rings is 1. The van der Waals surface area contributed by atoms with Crippen LogP contribution in [-0.4, -0.2) is 38.9 Å². The van der Waals surface area contributed by atoms with Gasteiger partial charge in [-0.05, 0) is 30.5 Å². The predicted molar refractivity (Wildman–Crippen MR) is 94.3 cm³/mol. The second kappa shape index (κ2) is 7.33. The molecule has 1 atom stereocenters. The highest BCUT2D eigenvalue weighted by atomic mass is 19.3. The maximum atomic E-state index is 13.0. The lowest BCUT2D eigenvalue weighted by Gasteiger charge is -2.34. The van der Waals surface area contributed by atoms with Gasteiger partial charge in [-0.3, -0.25) is 0 Å². The fourth-order valence-corrected chi connectivity index (χ4v) is 3.31. The molecule has 0 radical (unpaired) electrons. The van der Waals surface area contributed by atoms with Gasteiger partial charge in [0.25, 0.3) is 6.43 Å². The van der Waals surface area contributed by atoms with Gasteiger partial charge in [-0.2, -0.15) is 4.52 Å². The first-order valence-electron chi connectivity index (χ1n) is 8.73. The molecule has 3 aromatic rings. The van der Waals surface area contributed by atoms with E-state index in [4.69, 9.17) is 0 Å². The second-order valence-electron chi connectivity index (χ2n) is 6.47. The summed E-state index contributed by atoms with van der Waals surface area (Å²) in [4.78, 5) is 2.13. The molecule has 2 aromatic heterocycles. The van der Waals surface area contributed by atoms with Crippen molar-refractivity contribution in [3.63, 3.8) is 0 Å². The van der Waals surface area contributed by atoms with Crippen molar-refractivity contribution in [2.75, 3.05) is 18.0 Å². The molecule has 1 N–H and O–H groups in total. The van der Waals surface area contributed by atoms with Crippen LogP contribution in [0.5, 0.6) is 0 Å². The van der Waals surface area contributed by atoms with Crippen LogP contribution in [0.1, 0.15) is 30.7 Å². The van der Waals surface area contributed by atoms with Crippen molar-refractivity contribution in [3.05, 3.63) is 53.9 Å². The fourth-order valence-electron chi connectivity index (χ4n) is 3.31. The van der Waals surface area contributed by atoms with E-state index in [1.807, 2.05) is 24.3 Å². The maximum Gasteiger partial charge on any atom is 0.299 e. The molecule has 1 aliphatic rings. The number of fused-ring (bicyclic) bond motifs is 1. The molecule has 8 heteroatoms. The smallest absolute Gasteiger partial charge is 0.299 e. The Morgan fingerprint density at radius 1 is 1.12 bits per heavy atom. The quantitative estimate of drug-likeness (QED) is 0.760. The van der Waals surface area contributed by atoms with E-state index in [0.29, 0.717) is 17.5 Å². The Kier molecular flexibility index (Phi) is 4.75. The average Bonchev–Trinajstić information content (AvgIpc) is 3.11. The number of anilines is 1. The van der Waals surface area contributed by atoms with Crippen molar-refractivity contribution in [3.8, 4) is 0 Å². The summed E-state index contributed by atoms with van der Waals surface area (Å²) >= 11 is 0. The van der Waals surface area contributed by atoms with Gasteiger partial charge in [0.05, 0.1) is 0 Å².